The first kappa shape index (κ1) is 19.5. The molecular formula is C11H18BF3KNO2. The quantitative estimate of drug-likeness (QED) is 0.654. The Bertz CT molecular complexity index is 377. The zero-order valence-corrected chi connectivity index (χ0v) is 15.2. The molecule has 0 saturated heterocycles. The summed E-state index contributed by atoms with van der Waals surface area (Å²) in [7, 11) is 0. The van der Waals surface area contributed by atoms with E-state index in [1.54, 1.807) is 20.8 Å². The summed E-state index contributed by atoms with van der Waals surface area (Å²) in [6.07, 6.45) is -0.704. The van der Waals surface area contributed by atoms with Crippen LogP contribution in [0.2, 0.25) is 0 Å². The van der Waals surface area contributed by atoms with Crippen LogP contribution in [0, 0.1) is 0 Å². The normalized spacial score (nSPS) is 17.1. The van der Waals surface area contributed by atoms with Crippen molar-refractivity contribution >= 4 is 13.1 Å². The molecule has 3 nitrogen and oxygen atoms in total. The van der Waals surface area contributed by atoms with Crippen LogP contribution < -0.4 is 51.4 Å². The standard InChI is InChI=1S/C11H18BF3NO2.K/c1-8-7-16(10(17)18-11(2,3)4)6-5-9(8)12(13,14)15;/h5-7H2,1-4H3;/q-1;+1. The van der Waals surface area contributed by atoms with Crippen LogP contribution in [-0.2, 0) is 4.74 Å². The molecule has 0 fully saturated rings. The van der Waals surface area contributed by atoms with Crippen LogP contribution in [0.3, 0.4) is 0 Å². The molecule has 104 valence electrons. The fraction of sp³-hybridized carbons (Fsp3) is 0.727. The van der Waals surface area contributed by atoms with Crippen LogP contribution in [0.5, 0.6) is 0 Å². The van der Waals surface area contributed by atoms with Gasteiger partial charge >= 0.3 is 64.5 Å². The van der Waals surface area contributed by atoms with Gasteiger partial charge in [-0.1, -0.05) is 5.57 Å². The SMILES string of the molecule is CC1=C([B-](F)(F)F)CCN(C(=O)OC(C)(C)C)C1.[K+]. The number of carbonyl (C=O) groups is 1. The number of ether oxygens (including phenoxy) is 1. The first-order chi connectivity index (χ1) is 8.00. The second-order valence-corrected chi connectivity index (χ2v) is 5.53. The van der Waals surface area contributed by atoms with Gasteiger partial charge in [-0.15, -0.1) is 5.47 Å². The molecule has 0 N–H and O–H groups in total. The molecule has 0 unspecified atom stereocenters. The van der Waals surface area contributed by atoms with Crippen molar-refractivity contribution in [3.05, 3.63) is 11.0 Å². The minimum Gasteiger partial charge on any atom is -0.445 e. The van der Waals surface area contributed by atoms with E-state index < -0.39 is 24.1 Å². The molecule has 0 aromatic rings. The Morgan fingerprint density at radius 2 is 1.84 bits per heavy atom. The van der Waals surface area contributed by atoms with E-state index in [1.807, 2.05) is 0 Å². The monoisotopic (exact) mass is 303 g/mol. The molecular weight excluding hydrogens is 285 g/mol. The predicted octanol–water partition coefficient (Wildman–Crippen LogP) is 0.334. The topological polar surface area (TPSA) is 29.5 Å². The van der Waals surface area contributed by atoms with Gasteiger partial charge in [-0.25, -0.2) is 4.79 Å². The third-order valence-electron chi connectivity index (χ3n) is 2.67. The molecule has 8 heteroatoms. The van der Waals surface area contributed by atoms with Gasteiger partial charge in [0, 0.05) is 13.1 Å². The van der Waals surface area contributed by atoms with Gasteiger partial charge in [-0.05, 0) is 34.1 Å². The van der Waals surface area contributed by atoms with E-state index in [1.165, 1.54) is 11.8 Å². The van der Waals surface area contributed by atoms with Crippen molar-refractivity contribution in [3.8, 4) is 0 Å². The van der Waals surface area contributed by atoms with Gasteiger partial charge in [-0.3, -0.25) is 0 Å². The van der Waals surface area contributed by atoms with Crippen molar-refractivity contribution in [2.45, 2.75) is 39.7 Å². The number of carbonyl (C=O) groups excluding carboxylic acids is 1. The van der Waals surface area contributed by atoms with E-state index in [-0.39, 0.29) is 76.5 Å². The van der Waals surface area contributed by atoms with Crippen molar-refractivity contribution in [2.24, 2.45) is 0 Å². The van der Waals surface area contributed by atoms with Gasteiger partial charge in [0.1, 0.15) is 5.60 Å². The number of hydrogen-bond acceptors (Lipinski definition) is 2. The average molecular weight is 303 g/mol. The van der Waals surface area contributed by atoms with E-state index >= 15 is 0 Å². The van der Waals surface area contributed by atoms with Crippen LogP contribution in [0.4, 0.5) is 17.7 Å². The van der Waals surface area contributed by atoms with E-state index in [0.29, 0.717) is 0 Å². The van der Waals surface area contributed by atoms with Gasteiger partial charge in [0.15, 0.2) is 0 Å². The van der Waals surface area contributed by atoms with E-state index in [9.17, 15) is 17.7 Å². The summed E-state index contributed by atoms with van der Waals surface area (Å²) in [4.78, 5) is 13.0. The molecule has 1 aliphatic heterocycles. The molecule has 0 aromatic heterocycles. The van der Waals surface area contributed by atoms with E-state index in [2.05, 4.69) is 0 Å². The fourth-order valence-electron chi connectivity index (χ4n) is 1.86. The Kier molecular flexibility index (Phi) is 7.16. The van der Waals surface area contributed by atoms with Gasteiger partial charge < -0.3 is 22.6 Å². The van der Waals surface area contributed by atoms with Gasteiger partial charge in [0.05, 0.1) is 0 Å². The Balaban J connectivity index is 0.00000324. The molecule has 0 aromatic carbocycles. The molecule has 1 rings (SSSR count). The van der Waals surface area contributed by atoms with Crippen molar-refractivity contribution in [3.63, 3.8) is 0 Å². The fourth-order valence-corrected chi connectivity index (χ4v) is 1.86. The Hall–Kier alpha value is 0.501. The summed E-state index contributed by atoms with van der Waals surface area (Å²) in [5.74, 6) is 0. The minimum absolute atomic E-state index is 0. The van der Waals surface area contributed by atoms with E-state index in [0.717, 1.165) is 0 Å². The zero-order valence-electron chi connectivity index (χ0n) is 12.1. The third-order valence-corrected chi connectivity index (χ3v) is 2.67. The Morgan fingerprint density at radius 3 is 2.21 bits per heavy atom. The van der Waals surface area contributed by atoms with Crippen LogP contribution >= 0.6 is 0 Å². The molecule has 1 heterocycles. The van der Waals surface area contributed by atoms with E-state index in [4.69, 9.17) is 4.74 Å². The summed E-state index contributed by atoms with van der Waals surface area (Å²) in [6, 6.07) is 0. The van der Waals surface area contributed by atoms with Gasteiger partial charge in [0.25, 0.3) is 0 Å². The minimum atomic E-state index is -4.94. The number of halogens is 3. The Labute approximate surface area is 154 Å². The smallest absolute Gasteiger partial charge is 0.445 e. The van der Waals surface area contributed by atoms with Crippen LogP contribution in [0.1, 0.15) is 34.1 Å². The van der Waals surface area contributed by atoms with Crippen LogP contribution in [0.25, 0.3) is 0 Å². The second-order valence-electron chi connectivity index (χ2n) is 5.53. The second kappa shape index (κ2) is 6.98. The summed E-state index contributed by atoms with van der Waals surface area (Å²) < 4.78 is 43.1. The summed E-state index contributed by atoms with van der Waals surface area (Å²) in [5.41, 5.74) is -0.891. The molecule has 0 aliphatic carbocycles. The summed E-state index contributed by atoms with van der Waals surface area (Å²) in [5, 5.41) is 0. The summed E-state index contributed by atoms with van der Waals surface area (Å²) >= 11 is 0. The molecule has 0 radical (unpaired) electrons. The number of hydrogen-bond donors (Lipinski definition) is 0. The van der Waals surface area contributed by atoms with Crippen LogP contribution in [0.15, 0.2) is 11.0 Å². The molecule has 0 atom stereocenters. The van der Waals surface area contributed by atoms with Gasteiger partial charge in [-0.2, -0.15) is 0 Å². The maximum absolute atomic E-state index is 12.7. The number of nitrogens with zero attached hydrogens (tertiary/aromatic N) is 1. The third kappa shape index (κ3) is 6.20. The summed E-state index contributed by atoms with van der Waals surface area (Å²) in [6.45, 7) is 1.70. The molecule has 19 heavy (non-hydrogen) atoms. The van der Waals surface area contributed by atoms with Crippen molar-refractivity contribution in [2.75, 3.05) is 13.1 Å². The Morgan fingerprint density at radius 1 is 1.32 bits per heavy atom. The molecule has 1 aliphatic rings. The van der Waals surface area contributed by atoms with Gasteiger partial charge in [0.2, 0.25) is 0 Å². The maximum atomic E-state index is 12.7. The first-order valence-electron chi connectivity index (χ1n) is 5.87. The first-order valence-corrected chi connectivity index (χ1v) is 5.87. The molecule has 0 spiro atoms. The molecule has 0 saturated carbocycles. The predicted molar refractivity (Wildman–Crippen MR) is 64.2 cm³/mol. The largest absolute Gasteiger partial charge is 1.00 e. The van der Waals surface area contributed by atoms with Crippen molar-refractivity contribution in [1.82, 2.24) is 4.90 Å². The number of rotatable bonds is 1. The zero-order chi connectivity index (χ0) is 14.1. The molecule has 1 amide bonds. The van der Waals surface area contributed by atoms with Crippen molar-refractivity contribution < 1.29 is 73.9 Å². The number of amides is 1. The van der Waals surface area contributed by atoms with Crippen LogP contribution in [-0.4, -0.2) is 36.7 Å². The van der Waals surface area contributed by atoms with Crippen molar-refractivity contribution in [1.29, 1.82) is 0 Å². The maximum Gasteiger partial charge on any atom is 1.00 e. The average Bonchev–Trinajstić information content (AvgIpc) is 2.12. The molecule has 0 bridgehead atoms.